The zero-order valence-corrected chi connectivity index (χ0v) is 13.8. The Morgan fingerprint density at radius 2 is 2.09 bits per heavy atom. The van der Waals surface area contributed by atoms with E-state index in [2.05, 4.69) is 20.6 Å². The van der Waals surface area contributed by atoms with Crippen molar-refractivity contribution in [1.29, 1.82) is 5.41 Å². The Hall–Kier alpha value is -2.18. The first-order valence-corrected chi connectivity index (χ1v) is 7.57. The second-order valence-electron chi connectivity index (χ2n) is 4.87. The maximum absolute atomic E-state index is 11.9. The molecule has 8 heteroatoms. The molecule has 0 aliphatic carbocycles. The van der Waals surface area contributed by atoms with Crippen LogP contribution in [0.5, 0.6) is 0 Å². The molecule has 1 heterocycles. The van der Waals surface area contributed by atoms with E-state index < -0.39 is 5.91 Å². The SMILES string of the molecule is C[C@@H](CNc1ccc(Cl)c(Cl)c1)C(=N)NC(=O)c1ccncn1. The van der Waals surface area contributed by atoms with Gasteiger partial charge >= 0.3 is 0 Å². The first-order chi connectivity index (χ1) is 11.0. The Balaban J connectivity index is 1.87. The summed E-state index contributed by atoms with van der Waals surface area (Å²) in [5.41, 5.74) is 1.01. The molecule has 1 atom stereocenters. The fraction of sp³-hybridized carbons (Fsp3) is 0.200. The standard InChI is InChI=1S/C15H15Cl2N5O/c1-9(7-20-10-2-3-11(16)12(17)6-10)14(18)22-15(23)13-4-5-19-8-21-13/h2-6,8-9,20H,7H2,1H3,(H2,18,22,23)/t9-/m0/s1. The minimum Gasteiger partial charge on any atom is -0.384 e. The zero-order chi connectivity index (χ0) is 16.8. The van der Waals surface area contributed by atoms with Gasteiger partial charge in [0.05, 0.1) is 10.0 Å². The van der Waals surface area contributed by atoms with E-state index in [4.69, 9.17) is 28.6 Å². The lowest BCUT2D eigenvalue weighted by Gasteiger charge is -2.16. The monoisotopic (exact) mass is 351 g/mol. The first-order valence-electron chi connectivity index (χ1n) is 6.82. The number of hydrogen-bond acceptors (Lipinski definition) is 5. The first kappa shape index (κ1) is 17.2. The smallest absolute Gasteiger partial charge is 0.275 e. The molecule has 0 aliphatic heterocycles. The molecule has 0 saturated carbocycles. The Bertz CT molecular complexity index is 708. The van der Waals surface area contributed by atoms with E-state index in [-0.39, 0.29) is 17.4 Å². The fourth-order valence-corrected chi connectivity index (χ4v) is 2.01. The number of rotatable bonds is 5. The van der Waals surface area contributed by atoms with Crippen molar-refractivity contribution >= 4 is 40.6 Å². The number of halogens is 2. The molecule has 1 amide bonds. The summed E-state index contributed by atoms with van der Waals surface area (Å²) in [6, 6.07) is 6.68. The highest BCUT2D eigenvalue weighted by Gasteiger charge is 2.14. The van der Waals surface area contributed by atoms with Crippen molar-refractivity contribution in [1.82, 2.24) is 15.3 Å². The van der Waals surface area contributed by atoms with E-state index in [0.717, 1.165) is 5.69 Å². The van der Waals surface area contributed by atoms with Gasteiger partial charge in [-0.1, -0.05) is 30.1 Å². The second-order valence-corrected chi connectivity index (χ2v) is 5.69. The van der Waals surface area contributed by atoms with Gasteiger partial charge in [-0.05, 0) is 24.3 Å². The summed E-state index contributed by atoms with van der Waals surface area (Å²) in [6.45, 7) is 2.29. The van der Waals surface area contributed by atoms with Crippen LogP contribution in [0.1, 0.15) is 17.4 Å². The maximum Gasteiger partial charge on any atom is 0.275 e. The van der Waals surface area contributed by atoms with Crippen molar-refractivity contribution in [2.24, 2.45) is 5.92 Å². The molecule has 6 nitrogen and oxygen atoms in total. The van der Waals surface area contributed by atoms with E-state index in [0.29, 0.717) is 16.6 Å². The number of hydrogen-bond donors (Lipinski definition) is 3. The summed E-state index contributed by atoms with van der Waals surface area (Å²) in [5, 5.41) is 14.6. The molecule has 1 aromatic heterocycles. The number of carbonyl (C=O) groups is 1. The van der Waals surface area contributed by atoms with Gasteiger partial charge in [0.15, 0.2) is 0 Å². The van der Waals surface area contributed by atoms with Gasteiger partial charge in [-0.15, -0.1) is 0 Å². The van der Waals surface area contributed by atoms with Gasteiger partial charge in [0.2, 0.25) is 0 Å². The number of nitrogens with zero attached hydrogens (tertiary/aromatic N) is 2. The third-order valence-corrected chi connectivity index (χ3v) is 3.83. The molecule has 120 valence electrons. The number of aromatic nitrogens is 2. The van der Waals surface area contributed by atoms with Crippen molar-refractivity contribution in [2.75, 3.05) is 11.9 Å². The topological polar surface area (TPSA) is 90.8 Å². The van der Waals surface area contributed by atoms with Crippen LogP contribution in [0.3, 0.4) is 0 Å². The van der Waals surface area contributed by atoms with Crippen LogP contribution in [-0.4, -0.2) is 28.3 Å². The fourth-order valence-electron chi connectivity index (χ4n) is 1.71. The molecule has 1 aromatic carbocycles. The van der Waals surface area contributed by atoms with Gasteiger partial charge in [0, 0.05) is 24.3 Å². The molecule has 2 aromatic rings. The molecule has 0 spiro atoms. The lowest BCUT2D eigenvalue weighted by Crippen LogP contribution is -2.37. The highest BCUT2D eigenvalue weighted by atomic mass is 35.5. The highest BCUT2D eigenvalue weighted by molar-refractivity contribution is 6.42. The van der Waals surface area contributed by atoms with Crippen LogP contribution in [0.2, 0.25) is 10.0 Å². The number of amidine groups is 1. The molecule has 0 saturated heterocycles. The Morgan fingerprint density at radius 3 is 2.74 bits per heavy atom. The van der Waals surface area contributed by atoms with E-state index >= 15 is 0 Å². The molecule has 0 bridgehead atoms. The van der Waals surface area contributed by atoms with Crippen molar-refractivity contribution in [3.8, 4) is 0 Å². The summed E-state index contributed by atoms with van der Waals surface area (Å²) < 4.78 is 0. The van der Waals surface area contributed by atoms with Gasteiger partial charge < -0.3 is 10.6 Å². The Labute approximate surface area is 143 Å². The molecular weight excluding hydrogens is 337 g/mol. The van der Waals surface area contributed by atoms with E-state index in [1.165, 1.54) is 18.6 Å². The highest BCUT2D eigenvalue weighted by Crippen LogP contribution is 2.25. The van der Waals surface area contributed by atoms with Crippen molar-refractivity contribution in [2.45, 2.75) is 6.92 Å². The largest absolute Gasteiger partial charge is 0.384 e. The summed E-state index contributed by atoms with van der Waals surface area (Å²) >= 11 is 11.8. The summed E-state index contributed by atoms with van der Waals surface area (Å²) in [5.74, 6) is -0.546. The summed E-state index contributed by atoms with van der Waals surface area (Å²) in [7, 11) is 0. The normalized spacial score (nSPS) is 11.6. The zero-order valence-electron chi connectivity index (χ0n) is 12.3. The predicted molar refractivity (Wildman–Crippen MR) is 91.3 cm³/mol. The van der Waals surface area contributed by atoms with Crippen LogP contribution in [0, 0.1) is 11.3 Å². The number of benzene rings is 1. The molecule has 23 heavy (non-hydrogen) atoms. The van der Waals surface area contributed by atoms with Crippen LogP contribution >= 0.6 is 23.2 Å². The van der Waals surface area contributed by atoms with Crippen LogP contribution in [0.4, 0.5) is 5.69 Å². The quantitative estimate of drug-likeness (QED) is 0.569. The Morgan fingerprint density at radius 1 is 1.30 bits per heavy atom. The molecule has 2 rings (SSSR count). The average molecular weight is 352 g/mol. The molecule has 0 unspecified atom stereocenters. The second kappa shape index (κ2) is 7.89. The van der Waals surface area contributed by atoms with Gasteiger partial charge in [-0.2, -0.15) is 0 Å². The molecule has 0 aliphatic rings. The Kier molecular flexibility index (Phi) is 5.90. The molecule has 0 radical (unpaired) electrons. The molecule has 0 fully saturated rings. The molecule has 3 N–H and O–H groups in total. The summed E-state index contributed by atoms with van der Waals surface area (Å²) in [4.78, 5) is 19.5. The van der Waals surface area contributed by atoms with Gasteiger partial charge in [-0.3, -0.25) is 10.2 Å². The lowest BCUT2D eigenvalue weighted by molar-refractivity contribution is 0.0970. The summed E-state index contributed by atoms with van der Waals surface area (Å²) in [6.07, 6.45) is 2.76. The van der Waals surface area contributed by atoms with Crippen LogP contribution in [0.25, 0.3) is 0 Å². The van der Waals surface area contributed by atoms with Crippen molar-refractivity contribution in [3.05, 3.63) is 52.5 Å². The number of amides is 1. The third-order valence-electron chi connectivity index (χ3n) is 3.09. The third kappa shape index (κ3) is 4.91. The predicted octanol–water partition coefficient (Wildman–Crippen LogP) is 3.24. The van der Waals surface area contributed by atoms with Crippen molar-refractivity contribution < 1.29 is 4.79 Å². The van der Waals surface area contributed by atoms with Gasteiger partial charge in [-0.25, -0.2) is 9.97 Å². The van der Waals surface area contributed by atoms with Gasteiger partial charge in [0.25, 0.3) is 5.91 Å². The number of nitrogens with one attached hydrogen (secondary N) is 3. The van der Waals surface area contributed by atoms with E-state index in [1.54, 1.807) is 18.2 Å². The van der Waals surface area contributed by atoms with E-state index in [1.807, 2.05) is 6.92 Å². The van der Waals surface area contributed by atoms with Crippen LogP contribution in [0.15, 0.2) is 36.8 Å². The lowest BCUT2D eigenvalue weighted by atomic mass is 10.1. The number of carbonyl (C=O) groups excluding carboxylic acids is 1. The molecular formula is C15H15Cl2N5O. The van der Waals surface area contributed by atoms with Crippen LogP contribution in [-0.2, 0) is 0 Å². The van der Waals surface area contributed by atoms with Crippen molar-refractivity contribution in [3.63, 3.8) is 0 Å². The van der Waals surface area contributed by atoms with Crippen LogP contribution < -0.4 is 10.6 Å². The van der Waals surface area contributed by atoms with Gasteiger partial charge in [0.1, 0.15) is 17.9 Å². The minimum atomic E-state index is -0.432. The van der Waals surface area contributed by atoms with E-state index in [9.17, 15) is 4.79 Å². The maximum atomic E-state index is 11.9. The number of anilines is 1. The minimum absolute atomic E-state index is 0.0983. The average Bonchev–Trinajstić information content (AvgIpc) is 2.56.